The van der Waals surface area contributed by atoms with Crippen molar-refractivity contribution in [3.05, 3.63) is 52.1 Å². The predicted molar refractivity (Wildman–Crippen MR) is 87.2 cm³/mol. The van der Waals surface area contributed by atoms with E-state index in [2.05, 4.69) is 20.3 Å². The van der Waals surface area contributed by atoms with E-state index < -0.39 is 46.3 Å². The largest absolute Gasteiger partial charge is 0.436 e. The third kappa shape index (κ3) is 3.11. The van der Waals surface area contributed by atoms with Crippen LogP contribution in [-0.2, 0) is 6.18 Å². The van der Waals surface area contributed by atoms with Gasteiger partial charge in [0.2, 0.25) is 5.76 Å². The Morgan fingerprint density at radius 3 is 2.21 bits per heavy atom. The van der Waals surface area contributed by atoms with Gasteiger partial charge in [0.15, 0.2) is 5.69 Å². The number of nitrogens with zero attached hydrogens (tertiary/aromatic N) is 1. The first-order chi connectivity index (χ1) is 13.0. The van der Waals surface area contributed by atoms with E-state index >= 15 is 0 Å². The summed E-state index contributed by atoms with van der Waals surface area (Å²) >= 11 is 5.59. The highest BCUT2D eigenvalue weighted by Gasteiger charge is 2.69. The summed E-state index contributed by atoms with van der Waals surface area (Å²) in [5, 5.41) is 8.17. The zero-order chi connectivity index (χ0) is 20.3. The van der Waals surface area contributed by atoms with E-state index in [1.54, 1.807) is 0 Å². The number of hydrogen-bond acceptors (Lipinski definition) is 4. The highest BCUT2D eigenvalue weighted by molar-refractivity contribution is 6.30. The van der Waals surface area contributed by atoms with E-state index in [9.17, 15) is 27.2 Å². The van der Waals surface area contributed by atoms with Gasteiger partial charge in [0.25, 0.3) is 11.8 Å². The van der Waals surface area contributed by atoms with Crippen molar-refractivity contribution in [2.24, 2.45) is 0 Å². The fraction of sp³-hybridized carbons (Fsp3) is 0.353. The molecule has 2 N–H and O–H groups in total. The zero-order valence-corrected chi connectivity index (χ0v) is 14.7. The van der Waals surface area contributed by atoms with Crippen LogP contribution >= 0.6 is 11.6 Å². The predicted octanol–water partition coefficient (Wildman–Crippen LogP) is 3.32. The fourth-order valence-corrected chi connectivity index (χ4v) is 3.94. The van der Waals surface area contributed by atoms with Crippen LogP contribution in [0.3, 0.4) is 0 Å². The van der Waals surface area contributed by atoms with E-state index in [1.165, 1.54) is 12.1 Å². The molecule has 0 atom stereocenters. The maximum Gasteiger partial charge on any atom is 0.436 e. The van der Waals surface area contributed by atoms with Crippen LogP contribution in [0.2, 0.25) is 5.02 Å². The minimum Gasteiger partial charge on any atom is -0.350 e. The molecule has 148 valence electrons. The molecule has 1 heterocycles. The molecule has 6 nitrogen and oxygen atoms in total. The lowest BCUT2D eigenvalue weighted by Crippen LogP contribution is -2.83. The van der Waals surface area contributed by atoms with E-state index in [0.29, 0.717) is 25.3 Å². The van der Waals surface area contributed by atoms with Crippen molar-refractivity contribution >= 4 is 23.4 Å². The first kappa shape index (κ1) is 18.7. The Hall–Kier alpha value is -2.62. The van der Waals surface area contributed by atoms with E-state index in [4.69, 9.17) is 11.6 Å². The molecular weight excluding hydrogens is 406 g/mol. The second-order valence-corrected chi connectivity index (χ2v) is 7.61. The van der Waals surface area contributed by atoms with Crippen LogP contribution in [0.25, 0.3) is 0 Å². The van der Waals surface area contributed by atoms with Crippen molar-refractivity contribution in [2.45, 2.75) is 36.5 Å². The van der Waals surface area contributed by atoms with Crippen molar-refractivity contribution in [1.29, 1.82) is 0 Å². The van der Waals surface area contributed by atoms with Crippen molar-refractivity contribution in [2.75, 3.05) is 0 Å². The van der Waals surface area contributed by atoms with Gasteiger partial charge in [-0.15, -0.1) is 0 Å². The molecular formula is C17H12ClF4N3O3. The van der Waals surface area contributed by atoms with Crippen LogP contribution < -0.4 is 10.6 Å². The minimum atomic E-state index is -4.70. The maximum atomic E-state index is 13.5. The molecule has 0 saturated heterocycles. The average molecular weight is 418 g/mol. The van der Waals surface area contributed by atoms with Gasteiger partial charge < -0.3 is 15.2 Å². The van der Waals surface area contributed by atoms with Crippen LogP contribution in [0.15, 0.2) is 28.8 Å². The molecule has 11 heteroatoms. The fourth-order valence-electron chi connectivity index (χ4n) is 3.82. The van der Waals surface area contributed by atoms with Gasteiger partial charge in [0.05, 0.1) is 5.02 Å². The minimum absolute atomic E-state index is 0.0928. The Balaban J connectivity index is 1.34. The van der Waals surface area contributed by atoms with Crippen LogP contribution in [0.5, 0.6) is 0 Å². The monoisotopic (exact) mass is 417 g/mol. The highest BCUT2D eigenvalue weighted by Crippen LogP contribution is 2.60. The van der Waals surface area contributed by atoms with Gasteiger partial charge in [-0.25, -0.2) is 4.39 Å². The summed E-state index contributed by atoms with van der Waals surface area (Å²) in [6.45, 7) is 0. The third-order valence-corrected chi connectivity index (χ3v) is 5.30. The Kier molecular flexibility index (Phi) is 3.97. The zero-order valence-electron chi connectivity index (χ0n) is 14.0. The number of carbonyl (C=O) groups is 2. The van der Waals surface area contributed by atoms with Crippen LogP contribution in [0.4, 0.5) is 17.6 Å². The van der Waals surface area contributed by atoms with Gasteiger partial charge >= 0.3 is 6.18 Å². The summed E-state index contributed by atoms with van der Waals surface area (Å²) in [6.07, 6.45) is -3.47. The normalized spacial score (nSPS) is 25.5. The molecule has 1 aromatic heterocycles. The van der Waals surface area contributed by atoms with E-state index in [1.807, 2.05) is 0 Å². The number of rotatable bonds is 4. The summed E-state index contributed by atoms with van der Waals surface area (Å²) in [4.78, 5) is 24.3. The Bertz CT molecular complexity index is 968. The summed E-state index contributed by atoms with van der Waals surface area (Å²) in [5.41, 5.74) is -2.31. The van der Waals surface area contributed by atoms with Crippen LogP contribution in [0, 0.1) is 5.82 Å². The quantitative estimate of drug-likeness (QED) is 0.747. The molecule has 5 rings (SSSR count). The first-order valence-corrected chi connectivity index (χ1v) is 8.53. The lowest BCUT2D eigenvalue weighted by molar-refractivity contribution is -0.142. The highest BCUT2D eigenvalue weighted by atomic mass is 35.5. The van der Waals surface area contributed by atoms with Crippen molar-refractivity contribution in [3.63, 3.8) is 0 Å². The van der Waals surface area contributed by atoms with Gasteiger partial charge in [-0.2, -0.15) is 13.2 Å². The molecule has 2 aromatic rings. The Morgan fingerprint density at radius 1 is 1.07 bits per heavy atom. The topological polar surface area (TPSA) is 84.2 Å². The second-order valence-electron chi connectivity index (χ2n) is 7.20. The molecule has 3 aliphatic carbocycles. The SMILES string of the molecule is O=C(NC12CC(NC(=O)c3cc(C(F)(F)F)no3)(C1)C2)c1ccc(Cl)c(F)c1. The molecule has 0 radical (unpaired) electrons. The number of benzene rings is 1. The molecule has 3 fully saturated rings. The van der Waals surface area contributed by atoms with Crippen molar-refractivity contribution < 1.29 is 31.7 Å². The van der Waals surface area contributed by atoms with Crippen molar-refractivity contribution in [3.8, 4) is 0 Å². The van der Waals surface area contributed by atoms with E-state index in [-0.39, 0.29) is 10.6 Å². The molecule has 0 spiro atoms. The lowest BCUT2D eigenvalue weighted by atomic mass is 9.44. The number of carbonyl (C=O) groups excluding carboxylic acids is 2. The van der Waals surface area contributed by atoms with Gasteiger partial charge in [-0.1, -0.05) is 16.8 Å². The van der Waals surface area contributed by atoms with Gasteiger partial charge in [0.1, 0.15) is 5.82 Å². The Labute approximate surface area is 160 Å². The maximum absolute atomic E-state index is 13.5. The number of nitrogens with one attached hydrogen (secondary N) is 2. The average Bonchev–Trinajstić information content (AvgIpc) is 3.04. The molecule has 0 unspecified atom stereocenters. The van der Waals surface area contributed by atoms with Crippen molar-refractivity contribution in [1.82, 2.24) is 15.8 Å². The number of alkyl halides is 3. The van der Waals surface area contributed by atoms with Gasteiger partial charge in [-0.3, -0.25) is 9.59 Å². The first-order valence-electron chi connectivity index (χ1n) is 8.15. The molecule has 3 aliphatic rings. The summed E-state index contributed by atoms with van der Waals surface area (Å²) < 4.78 is 55.5. The molecule has 2 amide bonds. The van der Waals surface area contributed by atoms with Gasteiger partial charge in [-0.05, 0) is 37.5 Å². The number of halogens is 5. The van der Waals surface area contributed by atoms with Crippen LogP contribution in [0.1, 0.15) is 45.9 Å². The number of aromatic nitrogens is 1. The van der Waals surface area contributed by atoms with Gasteiger partial charge in [0, 0.05) is 22.7 Å². The molecule has 0 aliphatic heterocycles. The summed E-state index contributed by atoms with van der Waals surface area (Å²) in [7, 11) is 0. The molecule has 2 bridgehead atoms. The molecule has 1 aromatic carbocycles. The Morgan fingerprint density at radius 2 is 1.68 bits per heavy atom. The summed E-state index contributed by atoms with van der Waals surface area (Å²) in [6, 6.07) is 4.24. The smallest absolute Gasteiger partial charge is 0.350 e. The van der Waals surface area contributed by atoms with Crippen LogP contribution in [-0.4, -0.2) is 28.0 Å². The standard InChI is InChI=1S/C17H12ClF4N3O3/c18-9-2-1-8(3-10(9)19)13(26)23-15-5-16(6-15,7-15)24-14(27)11-4-12(25-28-11)17(20,21)22/h1-4H,5-7H2,(H,23,26)(H,24,27). The summed E-state index contributed by atoms with van der Waals surface area (Å²) in [5.74, 6) is -2.52. The number of hydrogen-bond donors (Lipinski definition) is 2. The number of amides is 2. The molecule has 28 heavy (non-hydrogen) atoms. The molecule has 3 saturated carbocycles. The second kappa shape index (κ2) is 5.94. The lowest BCUT2D eigenvalue weighted by Gasteiger charge is -2.70. The van der Waals surface area contributed by atoms with E-state index in [0.717, 1.165) is 6.07 Å². The third-order valence-electron chi connectivity index (χ3n) is 4.99.